The van der Waals surface area contributed by atoms with Crippen LogP contribution in [-0.4, -0.2) is 81.7 Å². The second-order valence-corrected chi connectivity index (χ2v) is 17.3. The monoisotopic (exact) mass is 1020 g/mol. The van der Waals surface area contributed by atoms with E-state index >= 15 is 0 Å². The van der Waals surface area contributed by atoms with Crippen LogP contribution in [0.5, 0.6) is 34.5 Å². The van der Waals surface area contributed by atoms with Gasteiger partial charge < -0.3 is 42.9 Å². The molecule has 2 saturated carbocycles. The largest absolute Gasteiger partial charge is 0.494 e. The third-order valence-electron chi connectivity index (χ3n) is 11.7. The van der Waals surface area contributed by atoms with Crippen LogP contribution in [-0.2, 0) is 52.8 Å². The Kier molecular flexibility index (Phi) is 26.9. The zero-order chi connectivity index (χ0) is 52.6. The van der Waals surface area contributed by atoms with Crippen LogP contribution in [0.4, 0.5) is 0 Å². The van der Waals surface area contributed by atoms with E-state index in [4.69, 9.17) is 48.0 Å². The maximum Gasteiger partial charge on any atom is 0.330 e. The summed E-state index contributed by atoms with van der Waals surface area (Å²) in [5.41, 5.74) is 0.241. The molecule has 0 bridgehead atoms. The lowest BCUT2D eigenvalue weighted by molar-refractivity contribution is -0.218. The minimum absolute atomic E-state index is 0.0671. The molecule has 0 saturated heterocycles. The second-order valence-electron chi connectivity index (χ2n) is 17.3. The zero-order valence-electron chi connectivity index (χ0n) is 41.8. The number of rotatable bonds is 29. The number of hydrogen-bond donors (Lipinski definition) is 0. The second kappa shape index (κ2) is 33.6. The van der Waals surface area contributed by atoms with E-state index in [1.807, 2.05) is 12.1 Å². The fourth-order valence-corrected chi connectivity index (χ4v) is 7.50. The van der Waals surface area contributed by atoms with Crippen molar-refractivity contribution < 1.29 is 86.3 Å². The highest BCUT2D eigenvalue weighted by Crippen LogP contribution is 2.32. The maximum absolute atomic E-state index is 12.7. The predicted molar refractivity (Wildman–Crippen MR) is 263 cm³/mol. The Morgan fingerprint density at radius 1 is 0.548 bits per heavy atom. The van der Waals surface area contributed by atoms with E-state index in [-0.39, 0.29) is 78.8 Å². The molecule has 396 valence electrons. The number of ether oxygens (including phenoxy) is 7. The molecule has 0 radical (unpaired) electrons. The lowest BCUT2D eigenvalue weighted by atomic mass is 9.82. The maximum atomic E-state index is 12.7. The van der Waals surface area contributed by atoms with E-state index < -0.39 is 17.9 Å². The van der Waals surface area contributed by atoms with Crippen molar-refractivity contribution in [3.63, 3.8) is 0 Å². The van der Waals surface area contributed by atoms with E-state index in [1.165, 1.54) is 30.3 Å². The first kappa shape index (κ1) is 58.5. The number of esters is 6. The molecule has 3 aromatic rings. The van der Waals surface area contributed by atoms with Crippen molar-refractivity contribution in [3.05, 3.63) is 97.6 Å². The first-order valence-electron chi connectivity index (χ1n) is 24.8. The number of unbranched alkanes of at least 4 members (excludes halogenated alkanes) is 3. The van der Waals surface area contributed by atoms with Gasteiger partial charge in [0.15, 0.2) is 17.8 Å². The van der Waals surface area contributed by atoms with Crippen molar-refractivity contribution in [2.24, 2.45) is 23.7 Å². The third-order valence-corrected chi connectivity index (χ3v) is 11.7. The number of carbonyl (C=O) groups excluding carboxylic acids is 7. The van der Waals surface area contributed by atoms with Crippen LogP contribution >= 0.6 is 0 Å². The molecule has 2 aliphatic rings. The highest BCUT2D eigenvalue weighted by atomic mass is 17.2. The SMILES string of the molecule is C=CC(=O)OCCCCCCOc1ccc(OOCC2CCC(C(=O)Oc3ccc(OOCC)c(C=O)c3)CC2)cc1.C=CC(=O)OCCOC(=O)CCC(=O)Oc1ccc(OC(=O)C2CCC(C)CC2)cc1. The highest BCUT2D eigenvalue weighted by Gasteiger charge is 2.29. The quantitative estimate of drug-likeness (QED) is 0.00923. The van der Waals surface area contributed by atoms with Crippen molar-refractivity contribution >= 4 is 42.1 Å². The fourth-order valence-electron chi connectivity index (χ4n) is 7.50. The molecular weight excluding hydrogens is 949 g/mol. The minimum Gasteiger partial charge on any atom is -0.494 e. The molecule has 3 aromatic carbocycles. The number of hydrogen-bond acceptors (Lipinski definition) is 18. The fraction of sp³-hybridized carbons (Fsp3) is 0.473. The van der Waals surface area contributed by atoms with Crippen LogP contribution in [0.2, 0.25) is 0 Å². The van der Waals surface area contributed by atoms with Gasteiger partial charge in [0.25, 0.3) is 0 Å². The average Bonchev–Trinajstić information content (AvgIpc) is 3.40. The molecule has 0 unspecified atom stereocenters. The summed E-state index contributed by atoms with van der Waals surface area (Å²) < 4.78 is 36.3. The minimum atomic E-state index is -0.607. The Morgan fingerprint density at radius 2 is 1.07 bits per heavy atom. The van der Waals surface area contributed by atoms with Gasteiger partial charge in [-0.05, 0) is 163 Å². The van der Waals surface area contributed by atoms with E-state index in [9.17, 15) is 33.6 Å². The van der Waals surface area contributed by atoms with Crippen molar-refractivity contribution in [1.29, 1.82) is 0 Å². The summed E-state index contributed by atoms with van der Waals surface area (Å²) in [6.45, 7) is 12.2. The summed E-state index contributed by atoms with van der Waals surface area (Å²) in [4.78, 5) is 102. The molecule has 18 nitrogen and oxygen atoms in total. The van der Waals surface area contributed by atoms with E-state index in [2.05, 4.69) is 24.8 Å². The summed E-state index contributed by atoms with van der Waals surface area (Å²) >= 11 is 0. The first-order valence-corrected chi connectivity index (χ1v) is 24.8. The molecule has 2 aliphatic carbocycles. The van der Waals surface area contributed by atoms with E-state index in [0.29, 0.717) is 68.7 Å². The topological polar surface area (TPSA) is 221 Å². The number of carbonyl (C=O) groups is 7. The molecule has 0 spiro atoms. The van der Waals surface area contributed by atoms with Crippen molar-refractivity contribution in [3.8, 4) is 34.5 Å². The summed E-state index contributed by atoms with van der Waals surface area (Å²) in [5, 5.41) is 0. The Morgan fingerprint density at radius 3 is 1.68 bits per heavy atom. The van der Waals surface area contributed by atoms with E-state index in [1.54, 1.807) is 37.3 Å². The molecule has 0 aromatic heterocycles. The molecule has 0 heterocycles. The Balaban J connectivity index is 0.000000332. The Hall–Kier alpha value is -7.05. The third kappa shape index (κ3) is 23.4. The average molecular weight is 1020 g/mol. The van der Waals surface area contributed by atoms with Gasteiger partial charge in [-0.15, -0.1) is 0 Å². The van der Waals surface area contributed by atoms with Gasteiger partial charge >= 0.3 is 35.8 Å². The number of aldehydes is 1. The molecular formula is C55H68O18. The molecule has 0 amide bonds. The van der Waals surface area contributed by atoms with Crippen molar-refractivity contribution in [2.75, 3.05) is 39.6 Å². The van der Waals surface area contributed by atoms with Gasteiger partial charge in [0, 0.05) is 12.2 Å². The lowest BCUT2D eigenvalue weighted by Gasteiger charge is -2.26. The van der Waals surface area contributed by atoms with Gasteiger partial charge in [0.05, 0.1) is 56.7 Å². The first-order chi connectivity index (χ1) is 35.4. The van der Waals surface area contributed by atoms with Crippen LogP contribution in [0.3, 0.4) is 0 Å². The predicted octanol–water partition coefficient (Wildman–Crippen LogP) is 9.60. The summed E-state index contributed by atoms with van der Waals surface area (Å²) in [6, 6.07) is 18.0. The van der Waals surface area contributed by atoms with Crippen molar-refractivity contribution in [1.82, 2.24) is 0 Å². The van der Waals surface area contributed by atoms with Gasteiger partial charge in [-0.25, -0.2) is 9.59 Å². The van der Waals surface area contributed by atoms with Gasteiger partial charge in [0.1, 0.15) is 36.2 Å². The van der Waals surface area contributed by atoms with Crippen LogP contribution < -0.4 is 28.7 Å². The normalized spacial score (nSPS) is 16.9. The Bertz CT molecular complexity index is 2210. The van der Waals surface area contributed by atoms with Crippen LogP contribution in [0, 0.1) is 23.7 Å². The van der Waals surface area contributed by atoms with Crippen LogP contribution in [0.25, 0.3) is 0 Å². The van der Waals surface area contributed by atoms with Crippen molar-refractivity contribution in [2.45, 2.75) is 104 Å². The molecule has 73 heavy (non-hydrogen) atoms. The molecule has 0 atom stereocenters. The van der Waals surface area contributed by atoms with E-state index in [0.717, 1.165) is 76.0 Å². The molecule has 18 heteroatoms. The van der Waals surface area contributed by atoms with Crippen LogP contribution in [0.1, 0.15) is 114 Å². The van der Waals surface area contributed by atoms with Crippen LogP contribution in [0.15, 0.2) is 92.0 Å². The summed E-state index contributed by atoms with van der Waals surface area (Å²) in [7, 11) is 0. The van der Waals surface area contributed by atoms with Gasteiger partial charge in [0.2, 0.25) is 0 Å². The van der Waals surface area contributed by atoms with Gasteiger partial charge in [-0.1, -0.05) is 20.1 Å². The smallest absolute Gasteiger partial charge is 0.330 e. The highest BCUT2D eigenvalue weighted by molar-refractivity contribution is 5.82. The number of benzene rings is 3. The standard InChI is InChI=1S/C32H40O10.C23H28O8/c1-3-31(34)37-20-8-6-5-7-19-36-27-13-15-28(16-14-27)41-39-23-24-9-11-25(12-10-24)32(35)40-29-17-18-30(42-38-4-2)26(21-29)22-33;1-3-20(24)28-14-15-29-21(25)12-13-22(26)30-18-8-10-19(11-9-18)31-23(27)17-6-4-16(2)5-7-17/h3,13-18,21-22,24-25H,1,4-12,19-20,23H2,2H3;3,8-11,16-17H,1,4-7,12-15H2,2H3. The van der Waals surface area contributed by atoms with Gasteiger partial charge in [-0.2, -0.15) is 9.78 Å². The molecule has 2 fully saturated rings. The summed E-state index contributed by atoms with van der Waals surface area (Å²) in [6.07, 6.45) is 12.9. The zero-order valence-corrected chi connectivity index (χ0v) is 41.8. The lowest BCUT2D eigenvalue weighted by Crippen LogP contribution is -2.27. The molecule has 0 aliphatic heterocycles. The van der Waals surface area contributed by atoms with Gasteiger partial charge in [-0.3, -0.25) is 24.0 Å². The molecule has 0 N–H and O–H groups in total. The molecule has 5 rings (SSSR count). The summed E-state index contributed by atoms with van der Waals surface area (Å²) in [5.74, 6) is 0.489. The Labute approximate surface area is 426 Å².